The number of anilines is 1. The Kier molecular flexibility index (Phi) is 5.41. The molecule has 0 spiro atoms. The number of ether oxygens (including phenoxy) is 1. The first kappa shape index (κ1) is 16.3. The van der Waals surface area contributed by atoms with Crippen LogP contribution in [0, 0.1) is 0 Å². The van der Waals surface area contributed by atoms with Gasteiger partial charge in [-0.2, -0.15) is 0 Å². The van der Waals surface area contributed by atoms with E-state index in [1.807, 2.05) is 6.07 Å². The van der Waals surface area contributed by atoms with Crippen molar-refractivity contribution in [2.24, 2.45) is 0 Å². The SMILES string of the molecule is COC(=O)c1ccc(-c2cccc(NC(=O)C(Cl)Cl)c2)cc1. The molecule has 0 aliphatic heterocycles. The van der Waals surface area contributed by atoms with Gasteiger partial charge in [-0.25, -0.2) is 4.79 Å². The summed E-state index contributed by atoms with van der Waals surface area (Å²) >= 11 is 11.0. The lowest BCUT2D eigenvalue weighted by atomic mass is 10.0. The van der Waals surface area contributed by atoms with Gasteiger partial charge >= 0.3 is 5.97 Å². The van der Waals surface area contributed by atoms with E-state index in [1.165, 1.54) is 7.11 Å². The summed E-state index contributed by atoms with van der Waals surface area (Å²) in [4.78, 5) is 21.8. The third-order valence-electron chi connectivity index (χ3n) is 2.97. The molecule has 2 rings (SSSR count). The molecule has 114 valence electrons. The Bertz CT molecular complexity index is 684. The number of hydrogen-bond acceptors (Lipinski definition) is 3. The van der Waals surface area contributed by atoms with Crippen molar-refractivity contribution in [1.82, 2.24) is 0 Å². The fourth-order valence-corrected chi connectivity index (χ4v) is 2.00. The first-order valence-corrected chi connectivity index (χ1v) is 7.26. The molecule has 4 nitrogen and oxygen atoms in total. The van der Waals surface area contributed by atoms with E-state index in [0.29, 0.717) is 11.3 Å². The van der Waals surface area contributed by atoms with Crippen LogP contribution in [0.25, 0.3) is 11.1 Å². The molecule has 0 aliphatic carbocycles. The van der Waals surface area contributed by atoms with Crippen LogP contribution < -0.4 is 5.32 Å². The summed E-state index contributed by atoms with van der Waals surface area (Å²) in [7, 11) is 1.34. The van der Waals surface area contributed by atoms with Gasteiger partial charge in [0.1, 0.15) is 0 Å². The fourth-order valence-electron chi connectivity index (χ4n) is 1.89. The van der Waals surface area contributed by atoms with Gasteiger partial charge in [-0.05, 0) is 35.4 Å². The predicted molar refractivity (Wildman–Crippen MR) is 87.3 cm³/mol. The van der Waals surface area contributed by atoms with Crippen LogP contribution >= 0.6 is 23.2 Å². The smallest absolute Gasteiger partial charge is 0.337 e. The standard InChI is InChI=1S/C16H13Cl2NO3/c1-22-16(21)11-7-5-10(6-8-11)12-3-2-4-13(9-12)19-15(20)14(17)18/h2-9,14H,1H3,(H,19,20). The van der Waals surface area contributed by atoms with Crippen molar-refractivity contribution in [3.05, 3.63) is 54.1 Å². The number of rotatable bonds is 4. The molecule has 1 N–H and O–H groups in total. The lowest BCUT2D eigenvalue weighted by Gasteiger charge is -2.08. The minimum Gasteiger partial charge on any atom is -0.465 e. The summed E-state index contributed by atoms with van der Waals surface area (Å²) < 4.78 is 4.66. The van der Waals surface area contributed by atoms with Gasteiger partial charge in [0.05, 0.1) is 12.7 Å². The lowest BCUT2D eigenvalue weighted by molar-refractivity contribution is -0.114. The van der Waals surface area contributed by atoms with Gasteiger partial charge in [-0.3, -0.25) is 4.79 Å². The van der Waals surface area contributed by atoms with Crippen molar-refractivity contribution in [2.45, 2.75) is 4.84 Å². The van der Waals surface area contributed by atoms with Crippen LogP contribution in [0.2, 0.25) is 0 Å². The first-order chi connectivity index (χ1) is 10.5. The van der Waals surface area contributed by atoms with Gasteiger partial charge in [0, 0.05) is 5.69 Å². The molecule has 6 heteroatoms. The number of alkyl halides is 2. The maximum Gasteiger partial charge on any atom is 0.337 e. The molecule has 22 heavy (non-hydrogen) atoms. The zero-order chi connectivity index (χ0) is 16.1. The zero-order valence-corrected chi connectivity index (χ0v) is 13.2. The van der Waals surface area contributed by atoms with Gasteiger partial charge in [0.2, 0.25) is 0 Å². The van der Waals surface area contributed by atoms with E-state index in [1.54, 1.807) is 42.5 Å². The van der Waals surface area contributed by atoms with Crippen LogP contribution in [0.15, 0.2) is 48.5 Å². The van der Waals surface area contributed by atoms with Crippen LogP contribution in [0.5, 0.6) is 0 Å². The van der Waals surface area contributed by atoms with E-state index >= 15 is 0 Å². The van der Waals surface area contributed by atoms with E-state index in [0.717, 1.165) is 11.1 Å². The molecule has 0 saturated carbocycles. The number of benzene rings is 2. The van der Waals surface area contributed by atoms with E-state index in [-0.39, 0.29) is 5.97 Å². The average molecular weight is 338 g/mol. The molecule has 0 atom stereocenters. The molecule has 0 aromatic heterocycles. The third-order valence-corrected chi connectivity index (χ3v) is 3.36. The summed E-state index contributed by atoms with van der Waals surface area (Å²) in [5.74, 6) is -0.871. The van der Waals surface area contributed by atoms with E-state index in [9.17, 15) is 9.59 Å². The third kappa shape index (κ3) is 4.00. The van der Waals surface area contributed by atoms with Crippen LogP contribution in [0.1, 0.15) is 10.4 Å². The Morgan fingerprint density at radius 2 is 1.73 bits per heavy atom. The Hall–Kier alpha value is -2.04. The first-order valence-electron chi connectivity index (χ1n) is 6.39. The van der Waals surface area contributed by atoms with Gasteiger partial charge in [-0.15, -0.1) is 0 Å². The predicted octanol–water partition coefficient (Wildman–Crippen LogP) is 3.88. The molecule has 2 aromatic rings. The molecule has 0 unspecified atom stereocenters. The average Bonchev–Trinajstić information content (AvgIpc) is 2.54. The Balaban J connectivity index is 2.22. The van der Waals surface area contributed by atoms with Gasteiger partial charge in [-0.1, -0.05) is 47.5 Å². The number of halogens is 2. The summed E-state index contributed by atoms with van der Waals surface area (Å²) in [5, 5.41) is 2.61. The zero-order valence-electron chi connectivity index (χ0n) is 11.7. The molecule has 0 radical (unpaired) electrons. The highest BCUT2D eigenvalue weighted by Crippen LogP contribution is 2.23. The summed E-state index contributed by atoms with van der Waals surface area (Å²) in [6.45, 7) is 0. The highest BCUT2D eigenvalue weighted by molar-refractivity contribution is 6.54. The molecule has 0 heterocycles. The number of methoxy groups -OCH3 is 1. The minimum atomic E-state index is -1.12. The van der Waals surface area contributed by atoms with Crippen molar-refractivity contribution in [2.75, 3.05) is 12.4 Å². The summed E-state index contributed by atoms with van der Waals surface area (Å²) in [6, 6.07) is 14.2. The number of amides is 1. The monoisotopic (exact) mass is 337 g/mol. The maximum atomic E-state index is 11.5. The fraction of sp³-hybridized carbons (Fsp3) is 0.125. The van der Waals surface area contributed by atoms with E-state index < -0.39 is 10.7 Å². The second kappa shape index (κ2) is 7.29. The van der Waals surface area contributed by atoms with Crippen molar-refractivity contribution in [1.29, 1.82) is 0 Å². The minimum absolute atomic E-state index is 0.386. The van der Waals surface area contributed by atoms with E-state index in [4.69, 9.17) is 23.2 Å². The largest absolute Gasteiger partial charge is 0.465 e. The molecular weight excluding hydrogens is 325 g/mol. The number of esters is 1. The topological polar surface area (TPSA) is 55.4 Å². The van der Waals surface area contributed by atoms with Crippen LogP contribution in [-0.4, -0.2) is 23.8 Å². The maximum absolute atomic E-state index is 11.5. The van der Waals surface area contributed by atoms with Gasteiger partial charge in [0.15, 0.2) is 4.84 Å². The second-order valence-electron chi connectivity index (χ2n) is 4.44. The second-order valence-corrected chi connectivity index (χ2v) is 5.54. The van der Waals surface area contributed by atoms with Gasteiger partial charge < -0.3 is 10.1 Å². The van der Waals surface area contributed by atoms with Crippen LogP contribution in [-0.2, 0) is 9.53 Å². The molecule has 0 aliphatic rings. The number of carbonyl (C=O) groups excluding carboxylic acids is 2. The highest BCUT2D eigenvalue weighted by atomic mass is 35.5. The Morgan fingerprint density at radius 3 is 2.32 bits per heavy atom. The molecule has 0 fully saturated rings. The quantitative estimate of drug-likeness (QED) is 0.680. The molecular formula is C16H13Cl2NO3. The Morgan fingerprint density at radius 1 is 1.05 bits per heavy atom. The van der Waals surface area contributed by atoms with Crippen molar-refractivity contribution in [3.63, 3.8) is 0 Å². The van der Waals surface area contributed by atoms with Crippen molar-refractivity contribution < 1.29 is 14.3 Å². The van der Waals surface area contributed by atoms with Crippen LogP contribution in [0.4, 0.5) is 5.69 Å². The number of carbonyl (C=O) groups is 2. The molecule has 1 amide bonds. The number of hydrogen-bond donors (Lipinski definition) is 1. The van der Waals surface area contributed by atoms with Gasteiger partial charge in [0.25, 0.3) is 5.91 Å². The van der Waals surface area contributed by atoms with Crippen molar-refractivity contribution >= 4 is 40.8 Å². The molecule has 2 aromatic carbocycles. The van der Waals surface area contributed by atoms with E-state index in [2.05, 4.69) is 10.1 Å². The highest BCUT2D eigenvalue weighted by Gasteiger charge is 2.11. The van der Waals surface area contributed by atoms with Crippen LogP contribution in [0.3, 0.4) is 0 Å². The summed E-state index contributed by atoms with van der Waals surface area (Å²) in [6.07, 6.45) is 0. The summed E-state index contributed by atoms with van der Waals surface area (Å²) in [5.41, 5.74) is 2.85. The molecule has 0 saturated heterocycles. The normalized spacial score (nSPS) is 10.4. The lowest BCUT2D eigenvalue weighted by Crippen LogP contribution is -2.18. The van der Waals surface area contributed by atoms with Crippen molar-refractivity contribution in [3.8, 4) is 11.1 Å². The number of nitrogens with one attached hydrogen (secondary N) is 1. The molecule has 0 bridgehead atoms. The Labute approximate surface area is 138 Å².